The van der Waals surface area contributed by atoms with Gasteiger partial charge in [0.25, 0.3) is 5.91 Å². The van der Waals surface area contributed by atoms with E-state index < -0.39 is 5.97 Å². The number of urea groups is 1. The highest BCUT2D eigenvalue weighted by Crippen LogP contribution is 2.12. The van der Waals surface area contributed by atoms with Crippen LogP contribution in [0.25, 0.3) is 0 Å². The van der Waals surface area contributed by atoms with Crippen molar-refractivity contribution < 1.29 is 19.5 Å². The van der Waals surface area contributed by atoms with Crippen LogP contribution in [0.15, 0.2) is 24.3 Å². The molecule has 0 aromatic heterocycles. The number of carbonyl (C=O) groups is 3. The summed E-state index contributed by atoms with van der Waals surface area (Å²) < 4.78 is 0. The number of nitrogens with zero attached hydrogens (tertiary/aromatic N) is 1. The number of hydrogen-bond donors (Lipinski definition) is 4. The van der Waals surface area contributed by atoms with E-state index >= 15 is 0 Å². The minimum absolute atomic E-state index is 0.0149. The number of nitrogens with one attached hydrogen (secondary N) is 3. The lowest BCUT2D eigenvalue weighted by Crippen LogP contribution is -2.48. The fourth-order valence-electron chi connectivity index (χ4n) is 2.35. The molecule has 0 saturated carbocycles. The van der Waals surface area contributed by atoms with Gasteiger partial charge < -0.3 is 26.0 Å². The zero-order valence-corrected chi connectivity index (χ0v) is 13.4. The summed E-state index contributed by atoms with van der Waals surface area (Å²) in [6, 6.07) is 6.48. The SMILES string of the molecule is O=C(O)CCCNC(=O)c1cccc(NC(=O)N2CCNCC2)c1. The summed E-state index contributed by atoms with van der Waals surface area (Å²) >= 11 is 0. The summed E-state index contributed by atoms with van der Waals surface area (Å²) in [5.41, 5.74) is 0.972. The Labute approximate surface area is 140 Å². The van der Waals surface area contributed by atoms with Crippen LogP contribution < -0.4 is 16.0 Å². The highest BCUT2D eigenvalue weighted by Gasteiger charge is 2.16. The molecule has 1 saturated heterocycles. The highest BCUT2D eigenvalue weighted by atomic mass is 16.4. The van der Waals surface area contributed by atoms with Gasteiger partial charge in [-0.1, -0.05) is 6.07 Å². The Bertz CT molecular complexity index is 599. The zero-order chi connectivity index (χ0) is 17.4. The molecule has 1 aliphatic rings. The first-order chi connectivity index (χ1) is 11.6. The van der Waals surface area contributed by atoms with Crippen LogP contribution in [0.1, 0.15) is 23.2 Å². The van der Waals surface area contributed by atoms with Crippen molar-refractivity contribution in [3.05, 3.63) is 29.8 Å². The van der Waals surface area contributed by atoms with Gasteiger partial charge in [-0.3, -0.25) is 9.59 Å². The lowest BCUT2D eigenvalue weighted by Gasteiger charge is -2.27. The molecule has 1 heterocycles. The van der Waals surface area contributed by atoms with Crippen molar-refractivity contribution in [1.82, 2.24) is 15.5 Å². The number of hydrogen-bond acceptors (Lipinski definition) is 4. The molecule has 0 aliphatic carbocycles. The van der Waals surface area contributed by atoms with Crippen molar-refractivity contribution in [2.75, 3.05) is 38.0 Å². The largest absolute Gasteiger partial charge is 0.481 e. The van der Waals surface area contributed by atoms with Crippen molar-refractivity contribution in [2.24, 2.45) is 0 Å². The maximum absolute atomic E-state index is 12.2. The van der Waals surface area contributed by atoms with E-state index in [9.17, 15) is 14.4 Å². The first-order valence-corrected chi connectivity index (χ1v) is 7.93. The molecular weight excluding hydrogens is 312 g/mol. The molecule has 8 nitrogen and oxygen atoms in total. The van der Waals surface area contributed by atoms with Crippen LogP contribution in [0.5, 0.6) is 0 Å². The Kier molecular flexibility index (Phi) is 6.56. The minimum Gasteiger partial charge on any atom is -0.481 e. The molecule has 1 aromatic rings. The molecule has 0 spiro atoms. The van der Waals surface area contributed by atoms with Crippen LogP contribution in [0.3, 0.4) is 0 Å². The van der Waals surface area contributed by atoms with Crippen LogP contribution in [0, 0.1) is 0 Å². The quantitative estimate of drug-likeness (QED) is 0.573. The molecule has 1 fully saturated rings. The molecule has 0 bridgehead atoms. The molecule has 24 heavy (non-hydrogen) atoms. The Balaban J connectivity index is 1.87. The van der Waals surface area contributed by atoms with Gasteiger partial charge in [-0.15, -0.1) is 0 Å². The molecule has 4 N–H and O–H groups in total. The molecule has 1 aliphatic heterocycles. The normalized spacial score (nSPS) is 14.1. The number of aliphatic carboxylic acids is 1. The van der Waals surface area contributed by atoms with E-state index in [1.807, 2.05) is 0 Å². The number of piperazine rings is 1. The number of carboxylic acids is 1. The lowest BCUT2D eigenvalue weighted by molar-refractivity contribution is -0.137. The number of amides is 3. The second-order valence-electron chi connectivity index (χ2n) is 5.50. The molecule has 0 radical (unpaired) electrons. The molecule has 0 unspecified atom stereocenters. The second kappa shape index (κ2) is 8.88. The average Bonchev–Trinajstić information content (AvgIpc) is 2.59. The van der Waals surface area contributed by atoms with Gasteiger partial charge in [0.1, 0.15) is 0 Å². The van der Waals surface area contributed by atoms with Crippen molar-refractivity contribution in [1.29, 1.82) is 0 Å². The summed E-state index contributed by atoms with van der Waals surface area (Å²) in [4.78, 5) is 36.3. The number of carboxylic acid groups (broad SMARTS) is 1. The molecule has 3 amide bonds. The van der Waals surface area contributed by atoms with Crippen LogP contribution in [0.2, 0.25) is 0 Å². The third-order valence-electron chi connectivity index (χ3n) is 3.63. The summed E-state index contributed by atoms with van der Waals surface area (Å²) in [6.45, 7) is 3.13. The standard InChI is InChI=1S/C16H22N4O4/c21-14(22)5-2-6-18-15(23)12-3-1-4-13(11-12)19-16(24)20-9-7-17-8-10-20/h1,3-4,11,17H,2,5-10H2,(H,18,23)(H,19,24)(H,21,22). The van der Waals surface area contributed by atoms with Gasteiger partial charge in [-0.05, 0) is 24.6 Å². The van der Waals surface area contributed by atoms with Crippen LogP contribution in [-0.4, -0.2) is 60.6 Å². The zero-order valence-electron chi connectivity index (χ0n) is 13.4. The number of carbonyl (C=O) groups excluding carboxylic acids is 2. The first kappa shape index (κ1) is 17.7. The molecule has 8 heteroatoms. The van der Waals surface area contributed by atoms with Gasteiger partial charge in [-0.25, -0.2) is 4.79 Å². The summed E-state index contributed by atoms with van der Waals surface area (Å²) in [6.07, 6.45) is 0.390. The minimum atomic E-state index is -0.887. The Morgan fingerprint density at radius 3 is 2.67 bits per heavy atom. The summed E-state index contributed by atoms with van der Waals surface area (Å²) in [7, 11) is 0. The van der Waals surface area contributed by atoms with Crippen LogP contribution >= 0.6 is 0 Å². The monoisotopic (exact) mass is 334 g/mol. The van der Waals surface area contributed by atoms with Crippen molar-refractivity contribution >= 4 is 23.6 Å². The van der Waals surface area contributed by atoms with E-state index in [-0.39, 0.29) is 18.4 Å². The first-order valence-electron chi connectivity index (χ1n) is 7.93. The third-order valence-corrected chi connectivity index (χ3v) is 3.63. The van der Waals surface area contributed by atoms with E-state index in [4.69, 9.17) is 5.11 Å². The lowest BCUT2D eigenvalue weighted by atomic mass is 10.2. The Morgan fingerprint density at radius 2 is 1.96 bits per heavy atom. The smallest absolute Gasteiger partial charge is 0.321 e. The molecule has 1 aromatic carbocycles. The molecule has 130 valence electrons. The maximum atomic E-state index is 12.2. The summed E-state index contributed by atoms with van der Waals surface area (Å²) in [5.74, 6) is -1.18. The van der Waals surface area contributed by atoms with Crippen LogP contribution in [-0.2, 0) is 4.79 Å². The highest BCUT2D eigenvalue weighted by molar-refractivity contribution is 5.96. The van der Waals surface area contributed by atoms with Gasteiger partial charge in [-0.2, -0.15) is 0 Å². The number of rotatable bonds is 6. The van der Waals surface area contributed by atoms with E-state index in [0.29, 0.717) is 37.3 Å². The van der Waals surface area contributed by atoms with E-state index in [1.165, 1.54) is 0 Å². The number of benzene rings is 1. The third kappa shape index (κ3) is 5.54. The predicted molar refractivity (Wildman–Crippen MR) is 89.1 cm³/mol. The van der Waals surface area contributed by atoms with Crippen molar-refractivity contribution in [3.63, 3.8) is 0 Å². The molecule has 2 rings (SSSR count). The topological polar surface area (TPSA) is 111 Å². The summed E-state index contributed by atoms with van der Waals surface area (Å²) in [5, 5.41) is 17.2. The Morgan fingerprint density at radius 1 is 1.21 bits per heavy atom. The molecular formula is C16H22N4O4. The Hall–Kier alpha value is -2.61. The second-order valence-corrected chi connectivity index (χ2v) is 5.50. The van der Waals surface area contributed by atoms with Gasteiger partial charge in [0.15, 0.2) is 0 Å². The molecule has 0 atom stereocenters. The van der Waals surface area contributed by atoms with Gasteiger partial charge in [0.05, 0.1) is 0 Å². The van der Waals surface area contributed by atoms with E-state index in [2.05, 4.69) is 16.0 Å². The van der Waals surface area contributed by atoms with E-state index in [0.717, 1.165) is 13.1 Å². The van der Waals surface area contributed by atoms with Crippen LogP contribution in [0.4, 0.5) is 10.5 Å². The fraction of sp³-hybridized carbons (Fsp3) is 0.438. The number of anilines is 1. The average molecular weight is 334 g/mol. The van der Waals surface area contributed by atoms with Gasteiger partial charge in [0, 0.05) is 50.4 Å². The van der Waals surface area contributed by atoms with Crippen molar-refractivity contribution in [3.8, 4) is 0 Å². The fourth-order valence-corrected chi connectivity index (χ4v) is 2.35. The maximum Gasteiger partial charge on any atom is 0.321 e. The van der Waals surface area contributed by atoms with E-state index in [1.54, 1.807) is 29.2 Å². The van der Waals surface area contributed by atoms with Gasteiger partial charge >= 0.3 is 12.0 Å². The van der Waals surface area contributed by atoms with Crippen molar-refractivity contribution in [2.45, 2.75) is 12.8 Å². The predicted octanol–water partition coefficient (Wildman–Crippen LogP) is 0.718. The van der Waals surface area contributed by atoms with Gasteiger partial charge in [0.2, 0.25) is 0 Å².